The van der Waals surface area contributed by atoms with Crippen molar-refractivity contribution in [2.45, 2.75) is 73.1 Å². The molecule has 0 atom stereocenters. The fraction of sp³-hybridized carbons (Fsp3) is 0.480. The average Bonchev–Trinajstić information content (AvgIpc) is 2.75. The third-order valence-corrected chi connectivity index (χ3v) is 4.62. The van der Waals surface area contributed by atoms with Gasteiger partial charge in [0.1, 0.15) is 11.5 Å². The van der Waals surface area contributed by atoms with Crippen LogP contribution in [0.25, 0.3) is 0 Å². The van der Waals surface area contributed by atoms with E-state index in [1.165, 1.54) is 36.8 Å². The third-order valence-electron chi connectivity index (χ3n) is 4.62. The third kappa shape index (κ3) is 8.95. The summed E-state index contributed by atoms with van der Waals surface area (Å²) in [6, 6.07) is 16.9. The Morgan fingerprint density at radius 2 is 1.15 bits per heavy atom. The maximum absolute atomic E-state index is 7.50. The van der Waals surface area contributed by atoms with E-state index in [0.29, 0.717) is 0 Å². The van der Waals surface area contributed by atoms with Crippen molar-refractivity contribution in [2.75, 3.05) is 0 Å². The molecule has 2 heteroatoms. The van der Waals surface area contributed by atoms with Gasteiger partial charge in [-0.05, 0) is 61.4 Å². The molecule has 2 nitrogen and oxygen atoms in total. The van der Waals surface area contributed by atoms with Crippen LogP contribution in [0, 0.1) is 19.5 Å². The molecule has 0 N–H and O–H groups in total. The van der Waals surface area contributed by atoms with Gasteiger partial charge < -0.3 is 4.74 Å². The molecule has 0 bridgehead atoms. The second-order valence-corrected chi connectivity index (χ2v) is 6.44. The molecular weight excluding hydrogens is 332 g/mol. The maximum atomic E-state index is 7.50. The van der Waals surface area contributed by atoms with Gasteiger partial charge in [0.15, 0.2) is 0 Å². The number of benzene rings is 2. The van der Waals surface area contributed by atoms with Crippen molar-refractivity contribution in [2.24, 2.45) is 5.92 Å². The van der Waals surface area contributed by atoms with Crippen LogP contribution in [0.2, 0.25) is 0 Å². The van der Waals surface area contributed by atoms with Gasteiger partial charge in [-0.1, -0.05) is 77.3 Å². The molecule has 0 saturated heterocycles. The standard InChI is InChI=1S/C20H24O.2C2H6.CO/c1-15-3-7-17(8-4-15)18-9-13-20(14-10-18)21-19-11-5-16(2)6-12-19;3*1-2/h5-6,9-15,17H,3-4,7-8H2,1-2H3;2*1-2H3;. The predicted molar refractivity (Wildman–Crippen MR) is 115 cm³/mol. The first-order valence-corrected chi connectivity index (χ1v) is 10.3. The van der Waals surface area contributed by atoms with E-state index in [9.17, 15) is 0 Å². The van der Waals surface area contributed by atoms with E-state index >= 15 is 0 Å². The molecule has 0 heterocycles. The Bertz CT molecular complexity index is 603. The molecule has 0 aromatic heterocycles. The van der Waals surface area contributed by atoms with Crippen LogP contribution in [-0.2, 0) is 4.65 Å². The summed E-state index contributed by atoms with van der Waals surface area (Å²) in [6.45, 7) is 17.0. The number of aryl methyl sites for hydroxylation is 1. The molecule has 1 saturated carbocycles. The Hall–Kier alpha value is -2.02. The fourth-order valence-corrected chi connectivity index (χ4v) is 3.14. The van der Waals surface area contributed by atoms with E-state index in [2.05, 4.69) is 56.9 Å². The van der Waals surface area contributed by atoms with Crippen molar-refractivity contribution in [3.8, 4) is 11.5 Å². The van der Waals surface area contributed by atoms with Crippen molar-refractivity contribution in [1.82, 2.24) is 0 Å². The van der Waals surface area contributed by atoms with E-state index < -0.39 is 0 Å². The number of hydrogen-bond donors (Lipinski definition) is 0. The summed E-state index contributed by atoms with van der Waals surface area (Å²) < 4.78 is 13.4. The minimum absolute atomic E-state index is 0.745. The normalized spacial score (nSPS) is 17.6. The molecule has 148 valence electrons. The van der Waals surface area contributed by atoms with E-state index in [4.69, 9.17) is 9.39 Å². The first kappa shape index (κ1) is 25.0. The first-order chi connectivity index (χ1) is 13.2. The molecule has 0 unspecified atom stereocenters. The Kier molecular flexibility index (Phi) is 14.0. The van der Waals surface area contributed by atoms with Gasteiger partial charge in [-0.25, -0.2) is 0 Å². The Morgan fingerprint density at radius 1 is 0.741 bits per heavy atom. The minimum atomic E-state index is 0.745. The number of ether oxygens (including phenoxy) is 1. The van der Waals surface area contributed by atoms with E-state index in [-0.39, 0.29) is 0 Å². The van der Waals surface area contributed by atoms with Crippen LogP contribution in [0.3, 0.4) is 0 Å². The van der Waals surface area contributed by atoms with Crippen molar-refractivity contribution in [3.63, 3.8) is 0 Å². The zero-order valence-corrected chi connectivity index (χ0v) is 17.9. The fourth-order valence-electron chi connectivity index (χ4n) is 3.14. The molecule has 3 rings (SSSR count). The molecule has 2 aromatic carbocycles. The van der Waals surface area contributed by atoms with Crippen molar-refractivity contribution >= 4 is 0 Å². The quantitative estimate of drug-likeness (QED) is 0.397. The van der Waals surface area contributed by atoms with Gasteiger partial charge in [-0.2, -0.15) is 0 Å². The van der Waals surface area contributed by atoms with Gasteiger partial charge in [0.05, 0.1) is 0 Å². The molecule has 27 heavy (non-hydrogen) atoms. The van der Waals surface area contributed by atoms with Crippen molar-refractivity contribution in [1.29, 1.82) is 0 Å². The van der Waals surface area contributed by atoms with Crippen LogP contribution < -0.4 is 4.74 Å². The molecule has 0 amide bonds. The molecule has 1 aliphatic carbocycles. The SMILES string of the molecule is CC.CC.Cc1ccc(Oc2ccc(C3CCC(C)CC3)cc2)cc1.[C-]#[O+]. The molecule has 1 aliphatic rings. The van der Waals surface area contributed by atoms with Gasteiger partial charge >= 0.3 is 11.3 Å². The zero-order valence-electron chi connectivity index (χ0n) is 17.9. The molecule has 1 fully saturated rings. The van der Waals surface area contributed by atoms with Crippen LogP contribution in [-0.4, -0.2) is 0 Å². The topological polar surface area (TPSA) is 29.1 Å². The monoisotopic (exact) mass is 368 g/mol. The molecular formula is C25H36O2. The summed E-state index contributed by atoms with van der Waals surface area (Å²) in [5.74, 6) is 3.48. The molecule has 0 aliphatic heterocycles. The van der Waals surface area contributed by atoms with Crippen LogP contribution in [0.1, 0.15) is 77.3 Å². The predicted octanol–water partition coefficient (Wildman–Crippen LogP) is 8.10. The van der Waals surface area contributed by atoms with Crippen LogP contribution in [0.15, 0.2) is 48.5 Å². The molecule has 0 spiro atoms. The Labute approximate surface area is 166 Å². The number of hydrogen-bond acceptors (Lipinski definition) is 1. The van der Waals surface area contributed by atoms with Gasteiger partial charge in [0.25, 0.3) is 0 Å². The average molecular weight is 369 g/mol. The molecule has 2 aromatic rings. The summed E-state index contributed by atoms with van der Waals surface area (Å²) in [5.41, 5.74) is 2.72. The number of rotatable bonds is 3. The summed E-state index contributed by atoms with van der Waals surface area (Å²) in [4.78, 5) is 0. The van der Waals surface area contributed by atoms with E-state index in [0.717, 1.165) is 23.3 Å². The van der Waals surface area contributed by atoms with Crippen LogP contribution in [0.4, 0.5) is 0 Å². The van der Waals surface area contributed by atoms with Crippen LogP contribution >= 0.6 is 0 Å². The van der Waals surface area contributed by atoms with Gasteiger partial charge in [0.2, 0.25) is 0 Å². The van der Waals surface area contributed by atoms with Crippen molar-refractivity contribution < 1.29 is 9.39 Å². The summed E-state index contributed by atoms with van der Waals surface area (Å²) in [6.07, 6.45) is 5.40. The van der Waals surface area contributed by atoms with E-state index in [1.807, 2.05) is 39.8 Å². The Balaban J connectivity index is 0.00000103. The van der Waals surface area contributed by atoms with Gasteiger partial charge in [-0.3, -0.25) is 0 Å². The van der Waals surface area contributed by atoms with Crippen LogP contribution in [0.5, 0.6) is 11.5 Å². The first-order valence-electron chi connectivity index (χ1n) is 10.3. The zero-order chi connectivity index (χ0) is 20.7. The van der Waals surface area contributed by atoms with Gasteiger partial charge in [0, 0.05) is 0 Å². The second kappa shape index (κ2) is 15.1. The summed E-state index contributed by atoms with van der Waals surface area (Å²) >= 11 is 0. The second-order valence-electron chi connectivity index (χ2n) is 6.44. The molecule has 0 radical (unpaired) electrons. The summed E-state index contributed by atoms with van der Waals surface area (Å²) in [7, 11) is 0. The van der Waals surface area contributed by atoms with Crippen molar-refractivity contribution in [3.05, 3.63) is 66.3 Å². The summed E-state index contributed by atoms with van der Waals surface area (Å²) in [5, 5.41) is 0. The van der Waals surface area contributed by atoms with Gasteiger partial charge in [-0.15, -0.1) is 0 Å². The Morgan fingerprint density at radius 3 is 1.59 bits per heavy atom. The van der Waals surface area contributed by atoms with E-state index in [1.54, 1.807) is 0 Å².